The minimum atomic E-state index is 0. The van der Waals surface area contributed by atoms with Gasteiger partial charge in [0.25, 0.3) is 0 Å². The fourth-order valence-corrected chi connectivity index (χ4v) is 0.982. The molecule has 1 heterocycles. The third-order valence-electron chi connectivity index (χ3n) is 1.04. The molecule has 0 saturated carbocycles. The minimum absolute atomic E-state index is 0. The normalized spacial score (nSPS) is 8.17. The predicted molar refractivity (Wildman–Crippen MR) is 62.1 cm³/mol. The summed E-state index contributed by atoms with van der Waals surface area (Å²) >= 11 is 8.05. The Hall–Kier alpha value is 0.0300. The van der Waals surface area contributed by atoms with E-state index in [-0.39, 0.29) is 24.8 Å². The topological polar surface area (TPSA) is 64.9 Å². The first kappa shape index (κ1) is 14.5. The van der Waals surface area contributed by atoms with Gasteiger partial charge in [0.2, 0.25) is 0 Å². The fraction of sp³-hybridized carbons (Fsp3) is 0. The van der Waals surface area contributed by atoms with Crippen LogP contribution in [0.4, 0.5) is 11.6 Å². The monoisotopic (exact) mass is 245 g/mol. The SMILES string of the molecule is Cl.Cl.Nc1nc(N)c(S)cc1S. The van der Waals surface area contributed by atoms with Gasteiger partial charge in [0.1, 0.15) is 11.6 Å². The van der Waals surface area contributed by atoms with E-state index in [2.05, 4.69) is 30.2 Å². The van der Waals surface area contributed by atoms with E-state index in [0.717, 1.165) is 0 Å². The Morgan fingerprint density at radius 3 is 1.58 bits per heavy atom. The smallest absolute Gasteiger partial charge is 0.139 e. The van der Waals surface area contributed by atoms with Crippen molar-refractivity contribution in [2.45, 2.75) is 9.79 Å². The molecule has 1 aromatic heterocycles. The first-order valence-electron chi connectivity index (χ1n) is 2.55. The zero-order valence-corrected chi connectivity index (χ0v) is 9.31. The largest absolute Gasteiger partial charge is 0.383 e. The summed E-state index contributed by atoms with van der Waals surface area (Å²) in [6.45, 7) is 0. The Kier molecular flexibility index (Phi) is 6.83. The molecule has 0 aliphatic heterocycles. The molecule has 0 atom stereocenters. The number of hydrogen-bond acceptors (Lipinski definition) is 5. The average molecular weight is 246 g/mol. The highest BCUT2D eigenvalue weighted by Crippen LogP contribution is 2.22. The number of nitrogen functional groups attached to an aromatic ring is 2. The van der Waals surface area contributed by atoms with Crippen molar-refractivity contribution < 1.29 is 0 Å². The van der Waals surface area contributed by atoms with E-state index >= 15 is 0 Å². The van der Waals surface area contributed by atoms with E-state index in [1.54, 1.807) is 6.07 Å². The van der Waals surface area contributed by atoms with E-state index < -0.39 is 0 Å². The second-order valence-corrected chi connectivity index (χ2v) is 2.76. The van der Waals surface area contributed by atoms with Crippen molar-refractivity contribution in [3.8, 4) is 0 Å². The predicted octanol–water partition coefficient (Wildman–Crippen LogP) is 1.67. The van der Waals surface area contributed by atoms with Gasteiger partial charge < -0.3 is 11.5 Å². The molecule has 12 heavy (non-hydrogen) atoms. The lowest BCUT2D eigenvalue weighted by atomic mass is 10.4. The molecule has 0 radical (unpaired) electrons. The second-order valence-electron chi connectivity index (χ2n) is 1.80. The summed E-state index contributed by atoms with van der Waals surface area (Å²) in [7, 11) is 0. The van der Waals surface area contributed by atoms with Crippen LogP contribution < -0.4 is 11.5 Å². The van der Waals surface area contributed by atoms with Crippen molar-refractivity contribution in [2.24, 2.45) is 0 Å². The quantitative estimate of drug-likeness (QED) is 0.526. The molecule has 0 unspecified atom stereocenters. The van der Waals surface area contributed by atoms with Gasteiger partial charge in [-0.3, -0.25) is 0 Å². The maximum Gasteiger partial charge on any atom is 0.139 e. The summed E-state index contributed by atoms with van der Waals surface area (Å²) in [5, 5.41) is 0. The average Bonchev–Trinajstić information content (AvgIpc) is 1.84. The molecular formula is C5H9Cl2N3S2. The Balaban J connectivity index is 0. The summed E-state index contributed by atoms with van der Waals surface area (Å²) in [4.78, 5) is 4.97. The van der Waals surface area contributed by atoms with Crippen molar-refractivity contribution in [3.05, 3.63) is 6.07 Å². The van der Waals surface area contributed by atoms with Crippen LogP contribution in [0.5, 0.6) is 0 Å². The van der Waals surface area contributed by atoms with E-state index in [1.807, 2.05) is 0 Å². The van der Waals surface area contributed by atoms with Crippen molar-refractivity contribution >= 4 is 61.7 Å². The van der Waals surface area contributed by atoms with Gasteiger partial charge in [-0.05, 0) is 6.07 Å². The van der Waals surface area contributed by atoms with Gasteiger partial charge in [-0.2, -0.15) is 0 Å². The number of thiol groups is 2. The summed E-state index contributed by atoms with van der Waals surface area (Å²) in [6, 6.07) is 1.66. The molecule has 0 spiro atoms. The molecule has 0 bridgehead atoms. The lowest BCUT2D eigenvalue weighted by Gasteiger charge is -2.01. The van der Waals surface area contributed by atoms with Crippen molar-refractivity contribution in [3.63, 3.8) is 0 Å². The van der Waals surface area contributed by atoms with Crippen LogP contribution in [0.25, 0.3) is 0 Å². The molecule has 4 N–H and O–H groups in total. The third kappa shape index (κ3) is 3.18. The van der Waals surface area contributed by atoms with Gasteiger partial charge in [-0.1, -0.05) is 0 Å². The molecule has 0 aliphatic rings. The zero-order valence-electron chi connectivity index (χ0n) is 5.89. The van der Waals surface area contributed by atoms with Gasteiger partial charge >= 0.3 is 0 Å². The highest BCUT2D eigenvalue weighted by atomic mass is 35.5. The highest BCUT2D eigenvalue weighted by molar-refractivity contribution is 7.81. The van der Waals surface area contributed by atoms with E-state index in [1.165, 1.54) is 0 Å². The maximum atomic E-state index is 5.39. The Bertz CT molecular complexity index is 219. The van der Waals surface area contributed by atoms with Crippen molar-refractivity contribution in [1.82, 2.24) is 4.98 Å². The number of anilines is 2. The number of hydrogen-bond donors (Lipinski definition) is 4. The van der Waals surface area contributed by atoms with Crippen LogP contribution in [-0.2, 0) is 0 Å². The molecule has 1 aromatic rings. The standard InChI is InChI=1S/C5H7N3S2.2ClH/c6-4-2(9)1-3(10)5(7)8-4;;/h1,9-10H,(H4,6,7,8);2*1H. The van der Waals surface area contributed by atoms with Crippen LogP contribution in [0, 0.1) is 0 Å². The van der Waals surface area contributed by atoms with Crippen LogP contribution in [0.1, 0.15) is 0 Å². The van der Waals surface area contributed by atoms with Gasteiger partial charge in [0.05, 0.1) is 0 Å². The number of pyridine rings is 1. The molecule has 1 rings (SSSR count). The first-order chi connectivity index (χ1) is 4.61. The lowest BCUT2D eigenvalue weighted by Crippen LogP contribution is -1.97. The minimum Gasteiger partial charge on any atom is -0.383 e. The molecule has 7 heteroatoms. The van der Waals surface area contributed by atoms with E-state index in [4.69, 9.17) is 11.5 Å². The van der Waals surface area contributed by atoms with Gasteiger partial charge in [0.15, 0.2) is 0 Å². The van der Waals surface area contributed by atoms with E-state index in [9.17, 15) is 0 Å². The molecule has 0 amide bonds. The van der Waals surface area contributed by atoms with Gasteiger partial charge in [0, 0.05) is 9.79 Å². The van der Waals surface area contributed by atoms with Crippen LogP contribution in [-0.4, -0.2) is 4.98 Å². The molecule has 0 aromatic carbocycles. The molecule has 0 fully saturated rings. The number of halogens is 2. The van der Waals surface area contributed by atoms with Crippen LogP contribution in [0.15, 0.2) is 15.9 Å². The number of nitrogens with two attached hydrogens (primary N) is 2. The summed E-state index contributed by atoms with van der Waals surface area (Å²) in [5.41, 5.74) is 10.8. The van der Waals surface area contributed by atoms with Crippen LogP contribution >= 0.6 is 50.1 Å². The van der Waals surface area contributed by atoms with Crippen LogP contribution in [0.2, 0.25) is 0 Å². The lowest BCUT2D eigenvalue weighted by molar-refractivity contribution is 1.19. The molecular weight excluding hydrogens is 237 g/mol. The van der Waals surface area contributed by atoms with Crippen molar-refractivity contribution in [2.75, 3.05) is 11.5 Å². The van der Waals surface area contributed by atoms with Crippen molar-refractivity contribution in [1.29, 1.82) is 0 Å². The van der Waals surface area contributed by atoms with Gasteiger partial charge in [-0.25, -0.2) is 4.98 Å². The number of aromatic nitrogens is 1. The van der Waals surface area contributed by atoms with Crippen LogP contribution in [0.3, 0.4) is 0 Å². The molecule has 0 aliphatic carbocycles. The van der Waals surface area contributed by atoms with E-state index in [0.29, 0.717) is 21.4 Å². The maximum absolute atomic E-state index is 5.39. The highest BCUT2D eigenvalue weighted by Gasteiger charge is 1.99. The third-order valence-corrected chi connectivity index (χ3v) is 1.76. The zero-order chi connectivity index (χ0) is 7.72. The second kappa shape index (κ2) is 5.64. The Morgan fingerprint density at radius 1 is 1.00 bits per heavy atom. The molecule has 70 valence electrons. The summed E-state index contributed by atoms with van der Waals surface area (Å²) < 4.78 is 0. The number of rotatable bonds is 0. The fourth-order valence-electron chi connectivity index (χ4n) is 0.522. The molecule has 3 nitrogen and oxygen atoms in total. The van der Waals surface area contributed by atoms with Gasteiger partial charge in [-0.15, -0.1) is 50.1 Å². The molecule has 0 saturated heterocycles. The first-order valence-corrected chi connectivity index (χ1v) is 3.44. The summed E-state index contributed by atoms with van der Waals surface area (Å²) in [6.07, 6.45) is 0. The number of nitrogens with zero attached hydrogens (tertiary/aromatic N) is 1. The summed E-state index contributed by atoms with van der Waals surface area (Å²) in [5.74, 6) is 0.664. The Labute approximate surface area is 93.9 Å². The Morgan fingerprint density at radius 2 is 1.33 bits per heavy atom.